The van der Waals surface area contributed by atoms with Crippen LogP contribution >= 0.6 is 0 Å². The molecule has 4 nitrogen and oxygen atoms in total. The van der Waals surface area contributed by atoms with Crippen molar-refractivity contribution in [1.29, 1.82) is 0 Å². The third kappa shape index (κ3) is 4.70. The lowest BCUT2D eigenvalue weighted by molar-refractivity contribution is 0.0341. The topological polar surface area (TPSA) is 20.6 Å². The molecule has 0 bridgehead atoms. The highest BCUT2D eigenvalue weighted by atomic mass is 16.5. The van der Waals surface area contributed by atoms with E-state index < -0.39 is 0 Å². The summed E-state index contributed by atoms with van der Waals surface area (Å²) in [5.41, 5.74) is 9.02. The molecule has 0 atom stereocenters. The number of benzene rings is 2. The number of hydrogen-bond donors (Lipinski definition) is 0. The second-order valence-corrected chi connectivity index (χ2v) is 9.05. The molecule has 0 saturated carbocycles. The molecule has 0 spiro atoms. The number of morpholine rings is 1. The second kappa shape index (κ2) is 9.29. The lowest BCUT2D eigenvalue weighted by atomic mass is 10.0. The van der Waals surface area contributed by atoms with Crippen LogP contribution in [0.3, 0.4) is 0 Å². The van der Waals surface area contributed by atoms with Crippen LogP contribution in [-0.2, 0) is 11.3 Å². The third-order valence-electron chi connectivity index (χ3n) is 6.35. The molecule has 0 amide bonds. The number of ether oxygens (including phenoxy) is 1. The van der Waals surface area contributed by atoms with Crippen LogP contribution in [-0.4, -0.2) is 49.9 Å². The van der Waals surface area contributed by atoms with Crippen molar-refractivity contribution in [2.24, 2.45) is 0 Å². The van der Waals surface area contributed by atoms with Crippen LogP contribution in [0.15, 0.2) is 54.6 Å². The van der Waals surface area contributed by atoms with Gasteiger partial charge in [-0.2, -0.15) is 0 Å². The van der Waals surface area contributed by atoms with Crippen molar-refractivity contribution in [3.63, 3.8) is 0 Å². The van der Waals surface area contributed by atoms with Gasteiger partial charge in [-0.05, 0) is 59.9 Å². The van der Waals surface area contributed by atoms with Crippen molar-refractivity contribution in [2.45, 2.75) is 33.2 Å². The van der Waals surface area contributed by atoms with E-state index in [1.54, 1.807) is 0 Å². The zero-order chi connectivity index (χ0) is 22.0. The molecule has 2 aromatic carbocycles. The maximum atomic E-state index is 5.55. The van der Waals surface area contributed by atoms with Gasteiger partial charge in [0.25, 0.3) is 0 Å². The Morgan fingerprint density at radius 3 is 2.16 bits per heavy atom. The van der Waals surface area contributed by atoms with Crippen molar-refractivity contribution in [2.75, 3.05) is 45.3 Å². The van der Waals surface area contributed by atoms with E-state index in [1.807, 2.05) is 0 Å². The maximum Gasteiger partial charge on any atom is 0.0594 e. The molecule has 1 aliphatic rings. The molecular formula is C27H35N3O. The number of rotatable bonds is 6. The molecule has 1 aliphatic heterocycles. The van der Waals surface area contributed by atoms with Crippen LogP contribution in [0, 0.1) is 6.92 Å². The number of anilines is 1. The van der Waals surface area contributed by atoms with Gasteiger partial charge in [0.05, 0.1) is 18.9 Å². The molecule has 0 radical (unpaired) electrons. The predicted molar refractivity (Wildman–Crippen MR) is 130 cm³/mol. The molecule has 0 unspecified atom stereocenters. The second-order valence-electron chi connectivity index (χ2n) is 9.05. The van der Waals surface area contributed by atoms with Crippen molar-refractivity contribution < 1.29 is 4.74 Å². The van der Waals surface area contributed by atoms with Gasteiger partial charge < -0.3 is 14.2 Å². The van der Waals surface area contributed by atoms with E-state index in [0.29, 0.717) is 5.92 Å². The van der Waals surface area contributed by atoms with Gasteiger partial charge in [0.2, 0.25) is 0 Å². The minimum atomic E-state index is 0.540. The number of hydrogen-bond acceptors (Lipinski definition) is 3. The van der Waals surface area contributed by atoms with Gasteiger partial charge >= 0.3 is 0 Å². The smallest absolute Gasteiger partial charge is 0.0594 e. The Morgan fingerprint density at radius 2 is 1.58 bits per heavy atom. The molecule has 164 valence electrons. The molecular weight excluding hydrogens is 382 g/mol. The standard InChI is InChI=1S/C27H35N3O/c1-20(2)22-6-8-23(9-7-22)27-18-24(19-29-14-16-31-17-15-29)21(3)30(27)26-12-10-25(11-13-26)28(4)5/h6-13,18,20H,14-17,19H2,1-5H3. The Balaban J connectivity index is 1.76. The number of aromatic nitrogens is 1. The van der Waals surface area contributed by atoms with E-state index in [4.69, 9.17) is 4.74 Å². The van der Waals surface area contributed by atoms with E-state index >= 15 is 0 Å². The van der Waals surface area contributed by atoms with Gasteiger partial charge in [0.1, 0.15) is 0 Å². The Morgan fingerprint density at radius 1 is 0.935 bits per heavy atom. The minimum Gasteiger partial charge on any atom is -0.379 e. The lowest BCUT2D eigenvalue weighted by Crippen LogP contribution is -2.35. The molecule has 0 aliphatic carbocycles. The average Bonchev–Trinajstić information content (AvgIpc) is 3.10. The van der Waals surface area contributed by atoms with Gasteiger partial charge in [-0.1, -0.05) is 38.1 Å². The van der Waals surface area contributed by atoms with Crippen molar-refractivity contribution in [3.8, 4) is 16.9 Å². The largest absolute Gasteiger partial charge is 0.379 e. The molecule has 1 fully saturated rings. The highest BCUT2D eigenvalue weighted by Gasteiger charge is 2.19. The Bertz CT molecular complexity index is 994. The van der Waals surface area contributed by atoms with Gasteiger partial charge in [0.15, 0.2) is 0 Å². The summed E-state index contributed by atoms with van der Waals surface area (Å²) in [7, 11) is 4.16. The number of nitrogens with zero attached hydrogens (tertiary/aromatic N) is 3. The highest BCUT2D eigenvalue weighted by molar-refractivity contribution is 5.67. The summed E-state index contributed by atoms with van der Waals surface area (Å²) in [6, 6.07) is 20.3. The van der Waals surface area contributed by atoms with Crippen LogP contribution < -0.4 is 4.90 Å². The van der Waals surface area contributed by atoms with E-state index in [1.165, 1.54) is 39.5 Å². The average molecular weight is 418 g/mol. The fourth-order valence-electron chi connectivity index (χ4n) is 4.30. The van der Waals surface area contributed by atoms with E-state index in [-0.39, 0.29) is 0 Å². The SMILES string of the molecule is Cc1c(CN2CCOCC2)cc(-c2ccc(C(C)C)cc2)n1-c1ccc(N(C)C)cc1. The van der Waals surface area contributed by atoms with Crippen LogP contribution in [0.1, 0.15) is 36.6 Å². The zero-order valence-electron chi connectivity index (χ0n) is 19.6. The summed E-state index contributed by atoms with van der Waals surface area (Å²) in [4.78, 5) is 4.64. The molecule has 1 aromatic heterocycles. The quantitative estimate of drug-likeness (QED) is 0.530. The molecule has 4 rings (SSSR count). The molecule has 31 heavy (non-hydrogen) atoms. The van der Waals surface area contributed by atoms with E-state index in [0.717, 1.165) is 32.8 Å². The van der Waals surface area contributed by atoms with Crippen molar-refractivity contribution in [1.82, 2.24) is 9.47 Å². The summed E-state index contributed by atoms with van der Waals surface area (Å²) in [5, 5.41) is 0. The predicted octanol–water partition coefficient (Wildman–Crippen LogP) is 5.47. The summed E-state index contributed by atoms with van der Waals surface area (Å²) in [5.74, 6) is 0.540. The molecule has 1 saturated heterocycles. The fourth-order valence-corrected chi connectivity index (χ4v) is 4.30. The lowest BCUT2D eigenvalue weighted by Gasteiger charge is -2.26. The normalized spacial score (nSPS) is 14.9. The Kier molecular flexibility index (Phi) is 6.49. The fraction of sp³-hybridized carbons (Fsp3) is 0.407. The maximum absolute atomic E-state index is 5.55. The first-order valence-electron chi connectivity index (χ1n) is 11.3. The third-order valence-corrected chi connectivity index (χ3v) is 6.35. The van der Waals surface area contributed by atoms with Crippen LogP contribution in [0.5, 0.6) is 0 Å². The first kappa shape index (κ1) is 21.7. The first-order chi connectivity index (χ1) is 14.9. The first-order valence-corrected chi connectivity index (χ1v) is 11.3. The van der Waals surface area contributed by atoms with Crippen molar-refractivity contribution in [3.05, 3.63) is 71.4 Å². The molecule has 0 N–H and O–H groups in total. The zero-order valence-corrected chi connectivity index (χ0v) is 19.6. The molecule has 3 aromatic rings. The highest BCUT2D eigenvalue weighted by Crippen LogP contribution is 2.32. The van der Waals surface area contributed by atoms with E-state index in [9.17, 15) is 0 Å². The van der Waals surface area contributed by atoms with Gasteiger partial charge in [0, 0.05) is 50.8 Å². The van der Waals surface area contributed by atoms with Crippen molar-refractivity contribution >= 4 is 5.69 Å². The molecule has 4 heteroatoms. The summed E-state index contributed by atoms with van der Waals surface area (Å²) >= 11 is 0. The minimum absolute atomic E-state index is 0.540. The van der Waals surface area contributed by atoms with Crippen LogP contribution in [0.2, 0.25) is 0 Å². The summed E-state index contributed by atoms with van der Waals surface area (Å²) < 4.78 is 7.96. The Labute approximate surface area is 187 Å². The van der Waals surface area contributed by atoms with Crippen LogP contribution in [0.25, 0.3) is 16.9 Å². The van der Waals surface area contributed by atoms with E-state index in [2.05, 4.69) is 104 Å². The summed E-state index contributed by atoms with van der Waals surface area (Å²) in [6.45, 7) is 11.4. The van der Waals surface area contributed by atoms with Crippen LogP contribution in [0.4, 0.5) is 5.69 Å². The van der Waals surface area contributed by atoms with Gasteiger partial charge in [-0.15, -0.1) is 0 Å². The summed E-state index contributed by atoms with van der Waals surface area (Å²) in [6.07, 6.45) is 0. The van der Waals surface area contributed by atoms with Gasteiger partial charge in [-0.3, -0.25) is 4.90 Å². The van der Waals surface area contributed by atoms with Gasteiger partial charge in [-0.25, -0.2) is 0 Å². The monoisotopic (exact) mass is 417 g/mol. The molecule has 2 heterocycles. The Hall–Kier alpha value is -2.56.